The highest BCUT2D eigenvalue weighted by molar-refractivity contribution is 5.97. The lowest BCUT2D eigenvalue weighted by molar-refractivity contribution is -0.136. The van der Waals surface area contributed by atoms with Crippen molar-refractivity contribution >= 4 is 11.9 Å². The van der Waals surface area contributed by atoms with Crippen LogP contribution in [0.3, 0.4) is 0 Å². The van der Waals surface area contributed by atoms with E-state index in [0.29, 0.717) is 17.0 Å². The minimum atomic E-state index is -1.01. The smallest absolute Gasteiger partial charge is 0.311 e. The second-order valence-electron chi connectivity index (χ2n) is 6.72. The predicted octanol–water partition coefficient (Wildman–Crippen LogP) is 3.67. The van der Waals surface area contributed by atoms with E-state index in [2.05, 4.69) is 29.6 Å². The summed E-state index contributed by atoms with van der Waals surface area (Å²) in [7, 11) is 0. The highest BCUT2D eigenvalue weighted by Gasteiger charge is 2.26. The fourth-order valence-electron chi connectivity index (χ4n) is 3.62. The number of hydrogen-bond donors (Lipinski definition) is 2. The van der Waals surface area contributed by atoms with Gasteiger partial charge < -0.3 is 14.8 Å². The first kappa shape index (κ1) is 17.3. The Morgan fingerprint density at radius 3 is 2.48 bits per heavy atom. The molecule has 3 rings (SSSR count). The Bertz CT molecular complexity index is 742. The molecule has 0 saturated heterocycles. The highest BCUT2D eigenvalue weighted by atomic mass is 16.4. The number of aryl methyl sites for hydroxylation is 1. The molecule has 2 aromatic rings. The quantitative estimate of drug-likeness (QED) is 0.869. The van der Waals surface area contributed by atoms with Crippen molar-refractivity contribution in [1.82, 2.24) is 5.32 Å². The van der Waals surface area contributed by atoms with Crippen LogP contribution < -0.4 is 5.32 Å². The molecule has 1 heterocycles. The number of benzene rings is 1. The zero-order valence-corrected chi connectivity index (χ0v) is 14.3. The summed E-state index contributed by atoms with van der Waals surface area (Å²) in [6.07, 6.45) is 5.10. The van der Waals surface area contributed by atoms with Gasteiger partial charge in [0.1, 0.15) is 12.2 Å². The van der Waals surface area contributed by atoms with Crippen LogP contribution >= 0.6 is 0 Å². The van der Waals surface area contributed by atoms with Gasteiger partial charge in [-0.1, -0.05) is 30.3 Å². The number of hydrogen-bond acceptors (Lipinski definition) is 3. The van der Waals surface area contributed by atoms with Crippen LogP contribution in [0.5, 0.6) is 0 Å². The van der Waals surface area contributed by atoms with E-state index in [1.165, 1.54) is 11.8 Å². The maximum atomic E-state index is 12.6. The van der Waals surface area contributed by atoms with Crippen molar-refractivity contribution in [1.29, 1.82) is 0 Å². The van der Waals surface area contributed by atoms with Crippen LogP contribution in [0, 0.1) is 6.92 Å². The van der Waals surface area contributed by atoms with Crippen LogP contribution in [0.15, 0.2) is 41.0 Å². The van der Waals surface area contributed by atoms with Gasteiger partial charge in [-0.2, -0.15) is 0 Å². The summed E-state index contributed by atoms with van der Waals surface area (Å²) in [5.41, 5.74) is 2.40. The van der Waals surface area contributed by atoms with E-state index in [-0.39, 0.29) is 24.1 Å². The fraction of sp³-hybridized carbons (Fsp3) is 0.400. The van der Waals surface area contributed by atoms with Crippen molar-refractivity contribution in [2.75, 3.05) is 0 Å². The molecule has 0 atom stereocenters. The van der Waals surface area contributed by atoms with Gasteiger partial charge in [-0.15, -0.1) is 0 Å². The number of nitrogens with one attached hydrogen (secondary N) is 1. The number of carboxylic acid groups (broad SMARTS) is 1. The molecule has 0 radical (unpaired) electrons. The molecule has 0 bridgehead atoms. The lowest BCUT2D eigenvalue weighted by Crippen LogP contribution is -2.37. The largest absolute Gasteiger partial charge is 0.481 e. The van der Waals surface area contributed by atoms with E-state index in [0.717, 1.165) is 25.7 Å². The van der Waals surface area contributed by atoms with E-state index in [9.17, 15) is 9.59 Å². The highest BCUT2D eigenvalue weighted by Crippen LogP contribution is 2.33. The molecular formula is C20H23NO4. The number of amides is 1. The van der Waals surface area contributed by atoms with Gasteiger partial charge >= 0.3 is 5.97 Å². The lowest BCUT2D eigenvalue weighted by atomic mass is 9.81. The van der Waals surface area contributed by atoms with E-state index >= 15 is 0 Å². The minimum absolute atomic E-state index is 0.124. The summed E-state index contributed by atoms with van der Waals surface area (Å²) in [6, 6.07) is 10.6. The standard InChI is InChI=1S/C20H23NO4/c1-13-12-25-17(11-18(22)23)19(13)20(24)21-16-9-7-15(8-10-16)14-5-3-2-4-6-14/h2-6,12,15-16H,7-11H2,1H3,(H,21,24)(H,22,23). The monoisotopic (exact) mass is 341 g/mol. The van der Waals surface area contributed by atoms with Gasteiger partial charge in [0.2, 0.25) is 0 Å². The average Bonchev–Trinajstić information content (AvgIpc) is 2.96. The Labute approximate surface area is 147 Å². The van der Waals surface area contributed by atoms with Crippen LogP contribution in [0.4, 0.5) is 0 Å². The average molecular weight is 341 g/mol. The summed E-state index contributed by atoms with van der Waals surface area (Å²) in [5.74, 6) is -0.467. The second kappa shape index (κ2) is 7.55. The van der Waals surface area contributed by atoms with E-state index < -0.39 is 5.97 Å². The van der Waals surface area contributed by atoms with Gasteiger partial charge in [0.05, 0.1) is 11.8 Å². The molecule has 1 aliphatic carbocycles. The normalized spacial score (nSPS) is 20.2. The molecule has 0 spiro atoms. The first-order chi connectivity index (χ1) is 12.0. The van der Waals surface area contributed by atoms with Gasteiger partial charge in [0.25, 0.3) is 5.91 Å². The molecule has 1 aromatic heterocycles. The zero-order valence-electron chi connectivity index (χ0n) is 14.3. The first-order valence-corrected chi connectivity index (χ1v) is 8.69. The number of carbonyl (C=O) groups excluding carboxylic acids is 1. The summed E-state index contributed by atoms with van der Waals surface area (Å²) in [5, 5.41) is 12.0. The third kappa shape index (κ3) is 4.10. The minimum Gasteiger partial charge on any atom is -0.481 e. The molecule has 2 N–H and O–H groups in total. The molecular weight excluding hydrogens is 318 g/mol. The van der Waals surface area contributed by atoms with Crippen LogP contribution in [0.25, 0.3) is 0 Å². The third-order valence-electron chi connectivity index (χ3n) is 4.92. The molecule has 5 heteroatoms. The fourth-order valence-corrected chi connectivity index (χ4v) is 3.62. The van der Waals surface area contributed by atoms with Crippen LogP contribution in [-0.4, -0.2) is 23.0 Å². The molecule has 1 fully saturated rings. The maximum Gasteiger partial charge on any atom is 0.311 e. The van der Waals surface area contributed by atoms with Crippen molar-refractivity contribution in [2.45, 2.75) is 51.0 Å². The molecule has 1 amide bonds. The van der Waals surface area contributed by atoms with Gasteiger partial charge in [0, 0.05) is 11.6 Å². The molecule has 1 aliphatic rings. The summed E-state index contributed by atoms with van der Waals surface area (Å²) >= 11 is 0. The first-order valence-electron chi connectivity index (χ1n) is 8.69. The number of carbonyl (C=O) groups is 2. The second-order valence-corrected chi connectivity index (χ2v) is 6.72. The van der Waals surface area contributed by atoms with Gasteiger partial charge in [0.15, 0.2) is 0 Å². The molecule has 132 valence electrons. The van der Waals surface area contributed by atoms with E-state index in [4.69, 9.17) is 9.52 Å². The number of carboxylic acids is 1. The maximum absolute atomic E-state index is 12.6. The van der Waals surface area contributed by atoms with Crippen LogP contribution in [-0.2, 0) is 11.2 Å². The van der Waals surface area contributed by atoms with E-state index in [1.54, 1.807) is 6.92 Å². The van der Waals surface area contributed by atoms with Crippen molar-refractivity contribution in [3.63, 3.8) is 0 Å². The van der Waals surface area contributed by atoms with Gasteiger partial charge in [-0.05, 0) is 44.1 Å². The SMILES string of the molecule is Cc1coc(CC(=O)O)c1C(=O)NC1CCC(c2ccccc2)CC1. The zero-order chi connectivity index (χ0) is 17.8. The molecule has 5 nitrogen and oxygen atoms in total. The van der Waals surface area contributed by atoms with Crippen molar-refractivity contribution < 1.29 is 19.1 Å². The molecule has 25 heavy (non-hydrogen) atoms. The van der Waals surface area contributed by atoms with Crippen LogP contribution in [0.1, 0.15) is 58.8 Å². The van der Waals surface area contributed by atoms with Gasteiger partial charge in [-0.3, -0.25) is 9.59 Å². The Balaban J connectivity index is 1.60. The van der Waals surface area contributed by atoms with Crippen molar-refractivity contribution in [3.8, 4) is 0 Å². The topological polar surface area (TPSA) is 79.5 Å². The Kier molecular flexibility index (Phi) is 5.22. The Hall–Kier alpha value is -2.56. The molecule has 0 aliphatic heterocycles. The third-order valence-corrected chi connectivity index (χ3v) is 4.92. The van der Waals surface area contributed by atoms with Crippen LogP contribution in [0.2, 0.25) is 0 Å². The predicted molar refractivity (Wildman–Crippen MR) is 93.7 cm³/mol. The summed E-state index contributed by atoms with van der Waals surface area (Å²) < 4.78 is 5.25. The Morgan fingerprint density at radius 2 is 1.84 bits per heavy atom. The van der Waals surface area contributed by atoms with Crippen molar-refractivity contribution in [3.05, 3.63) is 59.0 Å². The van der Waals surface area contributed by atoms with E-state index in [1.807, 2.05) is 6.07 Å². The lowest BCUT2D eigenvalue weighted by Gasteiger charge is -2.29. The summed E-state index contributed by atoms with van der Waals surface area (Å²) in [4.78, 5) is 23.5. The number of rotatable bonds is 5. The molecule has 0 unspecified atom stereocenters. The number of aliphatic carboxylic acids is 1. The molecule has 1 aromatic carbocycles. The summed E-state index contributed by atoms with van der Waals surface area (Å²) in [6.45, 7) is 1.76. The Morgan fingerprint density at radius 1 is 1.16 bits per heavy atom. The number of furan rings is 1. The van der Waals surface area contributed by atoms with Crippen molar-refractivity contribution in [2.24, 2.45) is 0 Å². The molecule has 1 saturated carbocycles. The van der Waals surface area contributed by atoms with Gasteiger partial charge in [-0.25, -0.2) is 0 Å².